The zero-order chi connectivity index (χ0) is 6.78. The minimum atomic E-state index is -3.82. The Morgan fingerprint density at radius 2 is 2.12 bits per heavy atom. The first-order valence-electron chi connectivity index (χ1n) is 2.24. The summed E-state index contributed by atoms with van der Waals surface area (Å²) in [6.45, 7) is 4.72. The SMILES string of the molecule is [CH2]CC(C)S(=O)(=O)O. The van der Waals surface area contributed by atoms with Crippen molar-refractivity contribution >= 4 is 10.1 Å². The third kappa shape index (κ3) is 2.28. The van der Waals surface area contributed by atoms with Gasteiger partial charge in [0.15, 0.2) is 0 Å². The van der Waals surface area contributed by atoms with Crippen LogP contribution in [-0.4, -0.2) is 18.2 Å². The van der Waals surface area contributed by atoms with Gasteiger partial charge in [0.1, 0.15) is 0 Å². The summed E-state index contributed by atoms with van der Waals surface area (Å²) in [7, 11) is -3.82. The first kappa shape index (κ1) is 7.91. The van der Waals surface area contributed by atoms with E-state index in [1.807, 2.05) is 0 Å². The van der Waals surface area contributed by atoms with Crippen molar-refractivity contribution in [2.75, 3.05) is 0 Å². The van der Waals surface area contributed by atoms with Crippen molar-refractivity contribution in [2.45, 2.75) is 18.6 Å². The van der Waals surface area contributed by atoms with E-state index in [1.54, 1.807) is 0 Å². The van der Waals surface area contributed by atoms with Crippen molar-refractivity contribution in [3.63, 3.8) is 0 Å². The maximum absolute atomic E-state index is 10.1. The highest BCUT2D eigenvalue weighted by atomic mass is 32.2. The topological polar surface area (TPSA) is 54.4 Å². The summed E-state index contributed by atoms with van der Waals surface area (Å²) >= 11 is 0. The van der Waals surface area contributed by atoms with E-state index in [4.69, 9.17) is 4.55 Å². The fourth-order valence-corrected chi connectivity index (χ4v) is 0.447. The Kier molecular flexibility index (Phi) is 2.43. The molecule has 3 nitrogen and oxygen atoms in total. The summed E-state index contributed by atoms with van der Waals surface area (Å²) in [5, 5.41) is -0.734. The molecule has 0 saturated carbocycles. The molecule has 1 unspecified atom stereocenters. The molecule has 8 heavy (non-hydrogen) atoms. The molecule has 0 aliphatic carbocycles. The van der Waals surface area contributed by atoms with Gasteiger partial charge in [0.05, 0.1) is 5.25 Å². The average Bonchev–Trinajstić information content (AvgIpc) is 1.62. The summed E-state index contributed by atoms with van der Waals surface area (Å²) in [6.07, 6.45) is 0.207. The van der Waals surface area contributed by atoms with Gasteiger partial charge in [0, 0.05) is 0 Å². The summed E-state index contributed by atoms with van der Waals surface area (Å²) in [5.74, 6) is 0. The lowest BCUT2D eigenvalue weighted by atomic mass is 10.4. The van der Waals surface area contributed by atoms with Crippen LogP contribution in [0.25, 0.3) is 0 Å². The standard InChI is InChI=1S/C4H9O3S/c1-3-4(2)8(5,6)7/h4H,1,3H2,2H3,(H,5,6,7). The monoisotopic (exact) mass is 137 g/mol. The summed E-state index contributed by atoms with van der Waals surface area (Å²) in [6, 6.07) is 0. The maximum Gasteiger partial charge on any atom is 0.267 e. The Bertz CT molecular complexity index is 147. The Morgan fingerprint density at radius 3 is 2.12 bits per heavy atom. The second-order valence-corrected chi connectivity index (χ2v) is 3.45. The van der Waals surface area contributed by atoms with E-state index in [-0.39, 0.29) is 6.42 Å². The van der Waals surface area contributed by atoms with Gasteiger partial charge in [-0.1, -0.05) is 6.92 Å². The molecule has 0 heterocycles. The van der Waals surface area contributed by atoms with Crippen LogP contribution >= 0.6 is 0 Å². The predicted octanol–water partition coefficient (Wildman–Crippen LogP) is 0.487. The van der Waals surface area contributed by atoms with Crippen LogP contribution in [0.1, 0.15) is 13.3 Å². The van der Waals surface area contributed by atoms with Crippen molar-refractivity contribution in [3.8, 4) is 0 Å². The predicted molar refractivity (Wildman–Crippen MR) is 31.0 cm³/mol. The van der Waals surface area contributed by atoms with Crippen molar-refractivity contribution in [3.05, 3.63) is 6.92 Å². The van der Waals surface area contributed by atoms with Gasteiger partial charge in [-0.05, 0) is 13.3 Å². The van der Waals surface area contributed by atoms with E-state index in [0.29, 0.717) is 0 Å². The molecule has 0 aromatic rings. The minimum Gasteiger partial charge on any atom is -0.285 e. The van der Waals surface area contributed by atoms with Gasteiger partial charge < -0.3 is 0 Å². The first-order chi connectivity index (χ1) is 3.48. The molecule has 1 radical (unpaired) electrons. The molecule has 0 amide bonds. The molecule has 0 spiro atoms. The first-order valence-corrected chi connectivity index (χ1v) is 3.74. The number of hydrogen-bond acceptors (Lipinski definition) is 2. The molecule has 0 saturated heterocycles. The molecule has 0 aromatic heterocycles. The molecule has 1 atom stereocenters. The molecular weight excluding hydrogens is 128 g/mol. The molecule has 0 aliphatic heterocycles. The fraction of sp³-hybridized carbons (Fsp3) is 0.750. The van der Waals surface area contributed by atoms with Gasteiger partial charge in [-0.15, -0.1) is 0 Å². The minimum absolute atomic E-state index is 0.207. The van der Waals surface area contributed by atoms with Crippen LogP contribution in [0, 0.1) is 6.92 Å². The van der Waals surface area contributed by atoms with Gasteiger partial charge in [0.2, 0.25) is 0 Å². The molecule has 49 valence electrons. The van der Waals surface area contributed by atoms with Crippen LogP contribution in [0.4, 0.5) is 0 Å². The van der Waals surface area contributed by atoms with Crippen molar-refractivity contribution in [1.82, 2.24) is 0 Å². The highest BCUT2D eigenvalue weighted by Gasteiger charge is 2.13. The molecule has 0 bridgehead atoms. The van der Waals surface area contributed by atoms with Crippen LogP contribution < -0.4 is 0 Å². The van der Waals surface area contributed by atoms with E-state index >= 15 is 0 Å². The van der Waals surface area contributed by atoms with Gasteiger partial charge in [-0.25, -0.2) is 0 Å². The van der Waals surface area contributed by atoms with Gasteiger partial charge in [-0.3, -0.25) is 4.55 Å². The van der Waals surface area contributed by atoms with E-state index in [2.05, 4.69) is 6.92 Å². The quantitative estimate of drug-likeness (QED) is 0.563. The Labute approximate surface area is 49.5 Å². The number of rotatable bonds is 2. The molecule has 0 rings (SSSR count). The molecule has 1 N–H and O–H groups in total. The zero-order valence-electron chi connectivity index (χ0n) is 4.66. The highest BCUT2D eigenvalue weighted by Crippen LogP contribution is 1.99. The van der Waals surface area contributed by atoms with Crippen molar-refractivity contribution < 1.29 is 13.0 Å². The second-order valence-electron chi connectivity index (χ2n) is 1.61. The summed E-state index contributed by atoms with van der Waals surface area (Å²) in [5.41, 5.74) is 0. The van der Waals surface area contributed by atoms with Gasteiger partial charge >= 0.3 is 0 Å². The second kappa shape index (κ2) is 2.46. The maximum atomic E-state index is 10.1. The largest absolute Gasteiger partial charge is 0.285 e. The highest BCUT2D eigenvalue weighted by molar-refractivity contribution is 7.86. The average molecular weight is 137 g/mol. The van der Waals surface area contributed by atoms with E-state index in [1.165, 1.54) is 6.92 Å². The lowest BCUT2D eigenvalue weighted by Gasteiger charge is -2.00. The molecule has 4 heteroatoms. The van der Waals surface area contributed by atoms with Crippen LogP contribution in [0.5, 0.6) is 0 Å². The smallest absolute Gasteiger partial charge is 0.267 e. The molecule has 0 aliphatic rings. The van der Waals surface area contributed by atoms with Crippen LogP contribution in [-0.2, 0) is 10.1 Å². The molecular formula is C4H9O3S. The molecule has 0 aromatic carbocycles. The fourth-order valence-electron chi connectivity index (χ4n) is 0.149. The van der Waals surface area contributed by atoms with E-state index in [0.717, 1.165) is 0 Å². The lowest BCUT2D eigenvalue weighted by Crippen LogP contribution is -2.14. The Morgan fingerprint density at radius 1 is 1.75 bits per heavy atom. The third-order valence-electron chi connectivity index (χ3n) is 0.915. The van der Waals surface area contributed by atoms with E-state index in [9.17, 15) is 8.42 Å². The van der Waals surface area contributed by atoms with E-state index < -0.39 is 15.4 Å². The van der Waals surface area contributed by atoms with Gasteiger partial charge in [0.25, 0.3) is 10.1 Å². The third-order valence-corrected chi connectivity index (χ3v) is 2.17. The summed E-state index contributed by atoms with van der Waals surface area (Å²) in [4.78, 5) is 0. The number of hydrogen-bond donors (Lipinski definition) is 1. The zero-order valence-corrected chi connectivity index (χ0v) is 5.48. The summed E-state index contributed by atoms with van der Waals surface area (Å²) < 4.78 is 28.4. The van der Waals surface area contributed by atoms with Crippen LogP contribution in [0.2, 0.25) is 0 Å². The van der Waals surface area contributed by atoms with Gasteiger partial charge in [-0.2, -0.15) is 8.42 Å². The lowest BCUT2D eigenvalue weighted by molar-refractivity contribution is 0.470. The Hall–Kier alpha value is -0.0900. The normalized spacial score (nSPS) is 15.9. The Balaban J connectivity index is 4.04. The molecule has 0 fully saturated rings. The van der Waals surface area contributed by atoms with Crippen LogP contribution in [0.15, 0.2) is 0 Å². The van der Waals surface area contributed by atoms with Crippen molar-refractivity contribution in [2.24, 2.45) is 0 Å². The van der Waals surface area contributed by atoms with Crippen molar-refractivity contribution in [1.29, 1.82) is 0 Å². The van der Waals surface area contributed by atoms with Crippen LogP contribution in [0.3, 0.4) is 0 Å².